The number of hydrogen-bond donors (Lipinski definition) is 0. The molecular formula is C24H23F3N4O3S. The first-order valence-corrected chi connectivity index (χ1v) is 11.8. The van der Waals surface area contributed by atoms with Crippen LogP contribution in [-0.2, 0) is 22.3 Å². The van der Waals surface area contributed by atoms with Gasteiger partial charge < -0.3 is 4.74 Å². The number of methoxy groups -OCH3 is 1. The van der Waals surface area contributed by atoms with E-state index < -0.39 is 17.8 Å². The van der Waals surface area contributed by atoms with E-state index in [4.69, 9.17) is 0 Å². The molecule has 1 aliphatic rings. The third-order valence-electron chi connectivity index (χ3n) is 5.69. The smallest absolute Gasteiger partial charge is 0.436 e. The van der Waals surface area contributed by atoms with Gasteiger partial charge in [-0.3, -0.25) is 14.6 Å². The number of aromatic nitrogens is 2. The molecule has 1 aromatic carbocycles. The van der Waals surface area contributed by atoms with Crippen molar-refractivity contribution >= 4 is 34.5 Å². The summed E-state index contributed by atoms with van der Waals surface area (Å²) in [6.45, 7) is 1.95. The van der Waals surface area contributed by atoms with Gasteiger partial charge in [0, 0.05) is 11.8 Å². The van der Waals surface area contributed by atoms with E-state index in [1.807, 2.05) is 0 Å². The van der Waals surface area contributed by atoms with Crippen LogP contribution in [0, 0.1) is 0 Å². The molecule has 1 saturated heterocycles. The van der Waals surface area contributed by atoms with Crippen LogP contribution in [0.5, 0.6) is 0 Å². The molecule has 0 aliphatic carbocycles. The van der Waals surface area contributed by atoms with Crippen LogP contribution in [-0.4, -0.2) is 47.4 Å². The van der Waals surface area contributed by atoms with Gasteiger partial charge in [0.1, 0.15) is 15.8 Å². The number of halogens is 3. The van der Waals surface area contributed by atoms with Crippen LogP contribution in [0.15, 0.2) is 42.6 Å². The lowest BCUT2D eigenvalue weighted by Gasteiger charge is -2.25. The number of thiazole rings is 1. The number of carbonyl (C=O) groups is 2. The summed E-state index contributed by atoms with van der Waals surface area (Å²) in [5, 5.41) is 0.00517. The highest BCUT2D eigenvalue weighted by Gasteiger charge is 2.40. The number of rotatable bonds is 7. The molecule has 0 saturated carbocycles. The zero-order chi connectivity index (χ0) is 25.0. The number of pyridine rings is 1. The molecule has 0 bridgehead atoms. The summed E-state index contributed by atoms with van der Waals surface area (Å²) in [4.78, 5) is 34.5. The van der Waals surface area contributed by atoms with Crippen molar-refractivity contribution in [2.75, 3.05) is 25.1 Å². The molecule has 0 spiro atoms. The molecule has 3 heterocycles. The summed E-state index contributed by atoms with van der Waals surface area (Å²) in [5.74, 6) is -0.412. The summed E-state index contributed by atoms with van der Waals surface area (Å²) < 4.78 is 46.0. The molecule has 35 heavy (non-hydrogen) atoms. The van der Waals surface area contributed by atoms with E-state index in [9.17, 15) is 22.8 Å². The minimum Gasteiger partial charge on any atom is -0.465 e. The van der Waals surface area contributed by atoms with Crippen LogP contribution >= 0.6 is 11.3 Å². The third kappa shape index (κ3) is 5.68. The Hall–Kier alpha value is -3.31. The second kappa shape index (κ2) is 10.5. The first kappa shape index (κ1) is 24.8. The van der Waals surface area contributed by atoms with Gasteiger partial charge in [0.25, 0.3) is 0 Å². The van der Waals surface area contributed by atoms with Crippen molar-refractivity contribution in [1.82, 2.24) is 14.9 Å². The van der Waals surface area contributed by atoms with Gasteiger partial charge in [0.2, 0.25) is 6.41 Å². The van der Waals surface area contributed by atoms with Crippen molar-refractivity contribution in [2.45, 2.75) is 32.0 Å². The monoisotopic (exact) mass is 504 g/mol. The highest BCUT2D eigenvalue weighted by atomic mass is 32.1. The zero-order valence-corrected chi connectivity index (χ0v) is 19.7. The molecule has 4 rings (SSSR count). The number of alkyl halides is 3. The normalized spacial score (nSPS) is 14.5. The molecule has 0 atom stereocenters. The minimum atomic E-state index is -4.71. The van der Waals surface area contributed by atoms with Crippen molar-refractivity contribution in [3.05, 3.63) is 58.9 Å². The molecule has 1 aliphatic heterocycles. The summed E-state index contributed by atoms with van der Waals surface area (Å²) in [6, 6.07) is 9.74. The van der Waals surface area contributed by atoms with Crippen molar-refractivity contribution in [3.63, 3.8) is 0 Å². The van der Waals surface area contributed by atoms with Crippen LogP contribution in [0.1, 0.15) is 40.3 Å². The number of amides is 1. The van der Waals surface area contributed by atoms with Crippen molar-refractivity contribution < 1.29 is 27.5 Å². The molecular weight excluding hydrogens is 481 g/mol. The maximum atomic E-state index is 13.8. The summed E-state index contributed by atoms with van der Waals surface area (Å²) >= 11 is 0.853. The molecule has 184 valence electrons. The largest absolute Gasteiger partial charge is 0.465 e. The van der Waals surface area contributed by atoms with Gasteiger partial charge in [-0.05, 0) is 55.8 Å². The number of piperidine rings is 1. The van der Waals surface area contributed by atoms with Gasteiger partial charge >= 0.3 is 12.1 Å². The van der Waals surface area contributed by atoms with E-state index in [0.717, 1.165) is 54.2 Å². The quantitative estimate of drug-likeness (QED) is 0.322. The predicted octanol–water partition coefficient (Wildman–Crippen LogP) is 5.29. The van der Waals surface area contributed by atoms with Gasteiger partial charge in [-0.2, -0.15) is 13.2 Å². The van der Waals surface area contributed by atoms with Gasteiger partial charge in [0.05, 0.1) is 19.2 Å². The van der Waals surface area contributed by atoms with Crippen molar-refractivity contribution in [3.8, 4) is 11.1 Å². The standard InChI is InChI=1S/C24H23F3N4O3S/c1-34-23(33)17-7-5-16(6-8-17)18-9-10-19(28-13-18)31(15-32)22-21(24(25,26)27)29-20(35-22)14-30-11-3-2-4-12-30/h5-10,13,15H,2-4,11-12,14H2,1H3. The minimum absolute atomic E-state index is 0.0496. The fraction of sp³-hybridized carbons (Fsp3) is 0.333. The van der Waals surface area contributed by atoms with E-state index >= 15 is 0 Å². The van der Waals surface area contributed by atoms with Gasteiger partial charge in [-0.1, -0.05) is 29.9 Å². The fourth-order valence-electron chi connectivity index (χ4n) is 3.90. The van der Waals surface area contributed by atoms with Gasteiger partial charge in [-0.15, -0.1) is 0 Å². The molecule has 3 aromatic rings. The Kier molecular flexibility index (Phi) is 7.46. The lowest BCUT2D eigenvalue weighted by atomic mass is 10.1. The molecule has 0 N–H and O–H groups in total. The predicted molar refractivity (Wildman–Crippen MR) is 125 cm³/mol. The van der Waals surface area contributed by atoms with Crippen LogP contribution in [0.4, 0.5) is 24.0 Å². The number of nitrogens with zero attached hydrogens (tertiary/aromatic N) is 4. The van der Waals surface area contributed by atoms with Crippen molar-refractivity contribution in [1.29, 1.82) is 0 Å². The summed E-state index contributed by atoms with van der Waals surface area (Å²) in [6.07, 6.45) is 0.194. The van der Waals surface area contributed by atoms with Crippen LogP contribution in [0.3, 0.4) is 0 Å². The van der Waals surface area contributed by atoms with Crippen molar-refractivity contribution in [2.24, 2.45) is 0 Å². The topological polar surface area (TPSA) is 75.6 Å². The zero-order valence-electron chi connectivity index (χ0n) is 18.9. The highest BCUT2D eigenvalue weighted by Crippen LogP contribution is 2.42. The summed E-state index contributed by atoms with van der Waals surface area (Å²) in [7, 11) is 1.29. The fourth-order valence-corrected chi connectivity index (χ4v) is 5.00. The number of carbonyl (C=O) groups excluding carboxylic acids is 2. The maximum absolute atomic E-state index is 13.8. The Bertz CT molecular complexity index is 1170. The highest BCUT2D eigenvalue weighted by molar-refractivity contribution is 7.16. The number of esters is 1. The molecule has 0 unspecified atom stereocenters. The molecule has 1 fully saturated rings. The molecule has 1 amide bonds. The summed E-state index contributed by atoms with van der Waals surface area (Å²) in [5.41, 5.74) is 0.707. The van der Waals surface area contributed by atoms with Crippen LogP contribution < -0.4 is 4.90 Å². The number of hydrogen-bond acceptors (Lipinski definition) is 7. The lowest BCUT2D eigenvalue weighted by molar-refractivity contribution is -0.140. The Balaban J connectivity index is 1.60. The third-order valence-corrected chi connectivity index (χ3v) is 6.73. The first-order valence-electron chi connectivity index (χ1n) is 11.0. The number of likely N-dealkylation sites (tertiary alicyclic amines) is 1. The molecule has 0 radical (unpaired) electrons. The van der Waals surface area contributed by atoms with E-state index in [0.29, 0.717) is 29.1 Å². The lowest BCUT2D eigenvalue weighted by Crippen LogP contribution is -2.29. The van der Waals surface area contributed by atoms with E-state index in [-0.39, 0.29) is 10.8 Å². The van der Waals surface area contributed by atoms with Crippen LogP contribution in [0.25, 0.3) is 11.1 Å². The Morgan fingerprint density at radius 3 is 2.37 bits per heavy atom. The molecule has 2 aromatic heterocycles. The molecule has 7 nitrogen and oxygen atoms in total. The maximum Gasteiger partial charge on any atom is 0.436 e. The Morgan fingerprint density at radius 1 is 1.11 bits per heavy atom. The number of benzene rings is 1. The van der Waals surface area contributed by atoms with Gasteiger partial charge in [-0.25, -0.2) is 14.8 Å². The van der Waals surface area contributed by atoms with Crippen LogP contribution in [0.2, 0.25) is 0 Å². The van der Waals surface area contributed by atoms with E-state index in [1.165, 1.54) is 19.4 Å². The molecule has 11 heteroatoms. The van der Waals surface area contributed by atoms with Gasteiger partial charge in [0.15, 0.2) is 5.69 Å². The average Bonchev–Trinajstić information content (AvgIpc) is 3.29. The van der Waals surface area contributed by atoms with E-state index in [2.05, 4.69) is 19.6 Å². The Morgan fingerprint density at radius 2 is 1.80 bits per heavy atom. The SMILES string of the molecule is COC(=O)c1ccc(-c2ccc(N(C=O)c3sc(CN4CCCCC4)nc3C(F)(F)F)nc2)cc1. The number of anilines is 2. The second-order valence-electron chi connectivity index (χ2n) is 8.05. The Labute approximate surface area is 204 Å². The first-order chi connectivity index (χ1) is 16.8. The number of ether oxygens (including phenoxy) is 1. The second-order valence-corrected chi connectivity index (χ2v) is 9.11. The average molecular weight is 505 g/mol. The van der Waals surface area contributed by atoms with E-state index in [1.54, 1.807) is 30.3 Å².